The highest BCUT2D eigenvalue weighted by Gasteiger charge is 2.18. The molecule has 0 unspecified atom stereocenters. The smallest absolute Gasteiger partial charge is 0.161 e. The number of hydrogen-bond acceptors (Lipinski definition) is 2. The molecule has 54 heavy (non-hydrogen) atoms. The maximum absolute atomic E-state index is 5.09. The third-order valence-electron chi connectivity index (χ3n) is 10.1. The lowest BCUT2D eigenvalue weighted by Gasteiger charge is -2.11. The monoisotopic (exact) mass is 711 g/mol. The Hall–Kier alpha value is -6.89. The van der Waals surface area contributed by atoms with Crippen molar-refractivity contribution in [1.82, 2.24) is 9.13 Å². The predicted molar refractivity (Wildman–Crippen MR) is 230 cm³/mol. The number of aliphatic imine (C=N–C) groups is 3. The molecule has 10 rings (SSSR count). The molecule has 3 aromatic heterocycles. The minimum Gasteiger partial charge on any atom is -0.317 e. The Morgan fingerprint density at radius 2 is 1.19 bits per heavy atom. The zero-order valence-electron chi connectivity index (χ0n) is 29.3. The van der Waals surface area contributed by atoms with E-state index < -0.39 is 0 Å². The Bertz CT molecular complexity index is 3080. The SMILES string of the molecule is C=NC(=NC(=NCc1cccc(-n2c3cc4ccn(-c5ccccc5)c4cc3c3cc4c(cc32)sc2ccccc24)c1)c1ccccc1)c1ccccc1. The van der Waals surface area contributed by atoms with E-state index in [4.69, 9.17) is 9.98 Å². The van der Waals surface area contributed by atoms with Crippen molar-refractivity contribution in [3.63, 3.8) is 0 Å². The van der Waals surface area contributed by atoms with Crippen LogP contribution < -0.4 is 0 Å². The first-order chi connectivity index (χ1) is 26.7. The molecule has 7 aromatic carbocycles. The molecule has 3 heterocycles. The van der Waals surface area contributed by atoms with Crippen LogP contribution in [0.5, 0.6) is 0 Å². The van der Waals surface area contributed by atoms with Crippen LogP contribution in [0, 0.1) is 0 Å². The van der Waals surface area contributed by atoms with Crippen molar-refractivity contribution >= 4 is 82.6 Å². The Balaban J connectivity index is 1.15. The number of fused-ring (bicyclic) bond motifs is 7. The Morgan fingerprint density at radius 1 is 0.519 bits per heavy atom. The Labute approximate surface area is 316 Å². The number of rotatable bonds is 6. The summed E-state index contributed by atoms with van der Waals surface area (Å²) in [4.78, 5) is 14.3. The molecule has 0 aliphatic carbocycles. The number of aromatic nitrogens is 2. The van der Waals surface area contributed by atoms with Gasteiger partial charge >= 0.3 is 0 Å². The van der Waals surface area contributed by atoms with Crippen LogP contribution in [0.3, 0.4) is 0 Å². The fourth-order valence-corrected chi connectivity index (χ4v) is 8.69. The number of hydrogen-bond donors (Lipinski definition) is 0. The van der Waals surface area contributed by atoms with Gasteiger partial charge in [-0.25, -0.2) is 9.98 Å². The number of nitrogens with zero attached hydrogens (tertiary/aromatic N) is 5. The van der Waals surface area contributed by atoms with Crippen molar-refractivity contribution in [3.8, 4) is 11.4 Å². The molecule has 0 amide bonds. The molecule has 0 saturated carbocycles. The van der Waals surface area contributed by atoms with Crippen molar-refractivity contribution in [1.29, 1.82) is 0 Å². The van der Waals surface area contributed by atoms with Crippen molar-refractivity contribution in [2.45, 2.75) is 6.54 Å². The summed E-state index contributed by atoms with van der Waals surface area (Å²) in [5.41, 5.74) is 8.67. The lowest BCUT2D eigenvalue weighted by molar-refractivity contribution is 1.05. The summed E-state index contributed by atoms with van der Waals surface area (Å²) < 4.78 is 7.29. The Morgan fingerprint density at radius 3 is 1.96 bits per heavy atom. The average molecular weight is 712 g/mol. The standard InChI is InChI=1S/C48H33N5S/c1-49-47(33-15-5-2-6-16-33)51-48(34-17-7-3-8-18-34)50-31-32-14-13-21-37(26-32)53-43-27-35-24-25-52(36-19-9-4-10-20-36)42(35)29-40(43)39-28-41-38-22-11-12-23-45(38)54-46(41)30-44(39)53/h2-30H,1,31H2. The minimum absolute atomic E-state index is 0.447. The van der Waals surface area contributed by atoms with E-state index in [1.807, 2.05) is 72.0 Å². The van der Waals surface area contributed by atoms with Crippen LogP contribution in [0.25, 0.3) is 64.3 Å². The van der Waals surface area contributed by atoms with Crippen LogP contribution in [-0.4, -0.2) is 27.5 Å². The summed E-state index contributed by atoms with van der Waals surface area (Å²) >= 11 is 1.85. The summed E-state index contributed by atoms with van der Waals surface area (Å²) in [5.74, 6) is 1.15. The van der Waals surface area contributed by atoms with E-state index in [0.717, 1.165) is 28.1 Å². The number of thiophene rings is 1. The molecule has 256 valence electrons. The second-order valence-corrected chi connectivity index (χ2v) is 14.5. The van der Waals surface area contributed by atoms with E-state index in [1.54, 1.807) is 0 Å². The largest absolute Gasteiger partial charge is 0.317 e. The van der Waals surface area contributed by atoms with Gasteiger partial charge in [0.25, 0.3) is 0 Å². The van der Waals surface area contributed by atoms with Crippen LogP contribution in [0.15, 0.2) is 191 Å². The van der Waals surface area contributed by atoms with Gasteiger partial charge in [0.05, 0.1) is 23.1 Å². The second kappa shape index (κ2) is 13.3. The predicted octanol–water partition coefficient (Wildman–Crippen LogP) is 12.2. The van der Waals surface area contributed by atoms with Gasteiger partial charge in [0.1, 0.15) is 0 Å². The molecule has 6 heteroatoms. The van der Waals surface area contributed by atoms with E-state index in [2.05, 4.69) is 136 Å². The summed E-state index contributed by atoms with van der Waals surface area (Å²) in [6.07, 6.45) is 2.17. The highest BCUT2D eigenvalue weighted by molar-refractivity contribution is 7.25. The molecule has 5 nitrogen and oxygen atoms in total. The van der Waals surface area contributed by atoms with Gasteiger partial charge in [-0.2, -0.15) is 0 Å². The fraction of sp³-hybridized carbons (Fsp3) is 0.0208. The zero-order valence-corrected chi connectivity index (χ0v) is 30.1. The quantitative estimate of drug-likeness (QED) is 0.122. The molecule has 0 aliphatic heterocycles. The average Bonchev–Trinajstić information content (AvgIpc) is 3.91. The lowest BCUT2D eigenvalue weighted by Crippen LogP contribution is -2.05. The van der Waals surface area contributed by atoms with Crippen LogP contribution in [-0.2, 0) is 6.54 Å². The van der Waals surface area contributed by atoms with Crippen LogP contribution in [0.1, 0.15) is 16.7 Å². The molecule has 0 fully saturated rings. The molecule has 0 aliphatic rings. The zero-order chi connectivity index (χ0) is 36.0. The van der Waals surface area contributed by atoms with Crippen molar-refractivity contribution in [3.05, 3.63) is 193 Å². The maximum Gasteiger partial charge on any atom is 0.161 e. The number of amidine groups is 2. The van der Waals surface area contributed by atoms with Crippen molar-refractivity contribution in [2.75, 3.05) is 0 Å². The van der Waals surface area contributed by atoms with Crippen LogP contribution in [0.2, 0.25) is 0 Å². The van der Waals surface area contributed by atoms with Gasteiger partial charge in [-0.15, -0.1) is 11.3 Å². The van der Waals surface area contributed by atoms with Crippen molar-refractivity contribution < 1.29 is 0 Å². The van der Waals surface area contributed by atoms with Gasteiger partial charge < -0.3 is 9.13 Å². The van der Waals surface area contributed by atoms with E-state index in [1.165, 1.54) is 52.9 Å². The fourth-order valence-electron chi connectivity index (χ4n) is 7.57. The van der Waals surface area contributed by atoms with Gasteiger partial charge in [-0.1, -0.05) is 109 Å². The first-order valence-corrected chi connectivity index (χ1v) is 18.8. The highest BCUT2D eigenvalue weighted by Crippen LogP contribution is 2.42. The normalized spacial score (nSPS) is 12.4. The third-order valence-corrected chi connectivity index (χ3v) is 11.2. The summed E-state index contributed by atoms with van der Waals surface area (Å²) in [6.45, 7) is 4.27. The molecule has 0 bridgehead atoms. The first-order valence-electron chi connectivity index (χ1n) is 18.0. The summed E-state index contributed by atoms with van der Waals surface area (Å²) in [7, 11) is 0. The summed E-state index contributed by atoms with van der Waals surface area (Å²) in [5, 5.41) is 6.24. The first kappa shape index (κ1) is 31.8. The van der Waals surface area contributed by atoms with Gasteiger partial charge in [-0.05, 0) is 72.9 Å². The molecule has 0 radical (unpaired) electrons. The third kappa shape index (κ3) is 5.52. The Kier molecular flexibility index (Phi) is 7.81. The molecule has 0 spiro atoms. The molecule has 0 N–H and O–H groups in total. The number of para-hydroxylation sites is 1. The topological polar surface area (TPSA) is 46.9 Å². The van der Waals surface area contributed by atoms with E-state index in [0.29, 0.717) is 18.2 Å². The molecular formula is C48H33N5S. The highest BCUT2D eigenvalue weighted by atomic mass is 32.1. The number of benzene rings is 7. The van der Waals surface area contributed by atoms with Gasteiger partial charge in [0.15, 0.2) is 11.7 Å². The van der Waals surface area contributed by atoms with Crippen molar-refractivity contribution in [2.24, 2.45) is 15.0 Å². The molecule has 0 atom stereocenters. The minimum atomic E-state index is 0.447. The van der Waals surface area contributed by atoms with Crippen LogP contribution in [0.4, 0.5) is 0 Å². The van der Waals surface area contributed by atoms with Gasteiger partial charge in [0.2, 0.25) is 0 Å². The van der Waals surface area contributed by atoms with Gasteiger partial charge in [-0.3, -0.25) is 4.99 Å². The summed E-state index contributed by atoms with van der Waals surface area (Å²) in [6, 6.07) is 59.7. The lowest BCUT2D eigenvalue weighted by atomic mass is 10.1. The van der Waals surface area contributed by atoms with Gasteiger partial charge in [0, 0.05) is 65.0 Å². The molecular weight excluding hydrogens is 679 g/mol. The van der Waals surface area contributed by atoms with E-state index in [9.17, 15) is 0 Å². The second-order valence-electron chi connectivity index (χ2n) is 13.4. The van der Waals surface area contributed by atoms with E-state index >= 15 is 0 Å². The molecule has 10 aromatic rings. The van der Waals surface area contributed by atoms with E-state index in [-0.39, 0.29) is 0 Å². The van der Waals surface area contributed by atoms with Crippen LogP contribution >= 0.6 is 11.3 Å². The molecule has 0 saturated heterocycles. The maximum atomic E-state index is 5.09.